The predicted molar refractivity (Wildman–Crippen MR) is 148 cm³/mol. The van der Waals surface area contributed by atoms with Gasteiger partial charge in [-0.25, -0.2) is 19.4 Å². The number of carbonyl (C=O) groups is 6. The maximum Gasteiger partial charge on any atom is 0.337 e. The number of rotatable bonds is 8. The molecule has 6 rings (SSSR count). The highest BCUT2D eigenvalue weighted by molar-refractivity contribution is 6.36. The minimum Gasteiger partial charge on any atom is -0.478 e. The third-order valence-corrected chi connectivity index (χ3v) is 6.92. The average molecular weight is 578 g/mol. The number of carboxylic acid groups (broad SMARTS) is 2. The Hall–Kier alpha value is -6.30. The van der Waals surface area contributed by atoms with Crippen molar-refractivity contribution >= 4 is 46.9 Å². The summed E-state index contributed by atoms with van der Waals surface area (Å²) >= 11 is 0. The van der Waals surface area contributed by atoms with E-state index in [9.17, 15) is 39.0 Å². The number of fused-ring (bicyclic) bond motifs is 2. The lowest BCUT2D eigenvalue weighted by Gasteiger charge is -2.16. The zero-order valence-electron chi connectivity index (χ0n) is 21.8. The fraction of sp³-hybridized carbons (Fsp3) is 0.0323. The number of amides is 4. The molecule has 2 N–H and O–H groups in total. The van der Waals surface area contributed by atoms with E-state index in [2.05, 4.69) is 0 Å². The molecule has 0 bridgehead atoms. The molecule has 43 heavy (non-hydrogen) atoms. The Morgan fingerprint density at radius 1 is 0.535 bits per heavy atom. The molecule has 4 aromatic carbocycles. The summed E-state index contributed by atoms with van der Waals surface area (Å²) in [6.07, 6.45) is 0. The highest BCUT2D eigenvalue weighted by Crippen LogP contribution is 2.34. The normalized spacial score (nSPS) is 13.7. The van der Waals surface area contributed by atoms with Gasteiger partial charge < -0.3 is 19.7 Å². The number of carboxylic acids is 2. The molecule has 0 saturated carbocycles. The number of ether oxygens (including phenoxy) is 2. The smallest absolute Gasteiger partial charge is 0.337 e. The van der Waals surface area contributed by atoms with Gasteiger partial charge in [-0.2, -0.15) is 0 Å². The first-order valence-electron chi connectivity index (χ1n) is 12.6. The van der Waals surface area contributed by atoms with Crippen molar-refractivity contribution in [3.8, 4) is 11.5 Å². The van der Waals surface area contributed by atoms with Gasteiger partial charge in [-0.3, -0.25) is 19.2 Å². The molecule has 2 aliphatic heterocycles. The van der Waals surface area contributed by atoms with Crippen LogP contribution in [0.25, 0.3) is 0 Å². The number of nitrogens with zero attached hydrogens (tertiary/aromatic N) is 2. The van der Waals surface area contributed by atoms with E-state index < -0.39 is 35.6 Å². The first-order valence-corrected chi connectivity index (χ1v) is 12.6. The number of benzene rings is 4. The van der Waals surface area contributed by atoms with Crippen molar-refractivity contribution in [1.29, 1.82) is 0 Å². The van der Waals surface area contributed by atoms with Gasteiger partial charge >= 0.3 is 11.9 Å². The number of hydrogen-bond donors (Lipinski definition) is 2. The Kier molecular flexibility index (Phi) is 6.42. The fourth-order valence-electron chi connectivity index (χ4n) is 4.92. The minimum atomic E-state index is -1.29. The van der Waals surface area contributed by atoms with Crippen LogP contribution in [0.15, 0.2) is 84.9 Å². The molecule has 0 aliphatic carbocycles. The van der Waals surface area contributed by atoms with Crippen LogP contribution in [0, 0.1) is 0 Å². The molecule has 2 heterocycles. The molecule has 0 fully saturated rings. The van der Waals surface area contributed by atoms with E-state index >= 15 is 0 Å². The van der Waals surface area contributed by atoms with Crippen LogP contribution in [0.4, 0.5) is 11.4 Å². The van der Waals surface area contributed by atoms with Gasteiger partial charge in [0.15, 0.2) is 0 Å². The lowest BCUT2D eigenvalue weighted by Crippen LogP contribution is -2.30. The SMILES string of the molecule is O=C(O)c1ccccc1N1C(=O)c2ccc(OCOc3ccc4c(c3)C(=O)N(c3ccccc3C(=O)O)C4=O)cc2C1=O. The summed E-state index contributed by atoms with van der Waals surface area (Å²) in [4.78, 5) is 77.0. The van der Waals surface area contributed by atoms with Crippen LogP contribution in [-0.2, 0) is 0 Å². The average Bonchev–Trinajstić information content (AvgIpc) is 3.40. The fourth-order valence-corrected chi connectivity index (χ4v) is 4.92. The molecule has 12 nitrogen and oxygen atoms in total. The van der Waals surface area contributed by atoms with E-state index in [1.165, 1.54) is 84.9 Å². The largest absolute Gasteiger partial charge is 0.478 e. The van der Waals surface area contributed by atoms with Gasteiger partial charge in [-0.05, 0) is 60.7 Å². The Morgan fingerprint density at radius 3 is 1.30 bits per heavy atom. The van der Waals surface area contributed by atoms with Gasteiger partial charge in [0.1, 0.15) is 11.5 Å². The summed E-state index contributed by atoms with van der Waals surface area (Å²) in [6.45, 7) is -0.376. The summed E-state index contributed by atoms with van der Waals surface area (Å²) in [7, 11) is 0. The lowest BCUT2D eigenvalue weighted by atomic mass is 10.1. The van der Waals surface area contributed by atoms with Crippen molar-refractivity contribution in [1.82, 2.24) is 0 Å². The first kappa shape index (κ1) is 26.9. The second kappa shape index (κ2) is 10.3. The molecule has 4 aromatic rings. The second-order valence-corrected chi connectivity index (χ2v) is 9.36. The van der Waals surface area contributed by atoms with Crippen LogP contribution in [-0.4, -0.2) is 52.6 Å². The third kappa shape index (κ3) is 4.43. The van der Waals surface area contributed by atoms with Crippen LogP contribution < -0.4 is 19.3 Å². The van der Waals surface area contributed by atoms with Crippen molar-refractivity contribution in [2.24, 2.45) is 0 Å². The van der Waals surface area contributed by atoms with E-state index in [-0.39, 0.29) is 63.0 Å². The molecule has 0 unspecified atom stereocenters. The van der Waals surface area contributed by atoms with Gasteiger partial charge in [-0.1, -0.05) is 24.3 Å². The highest BCUT2D eigenvalue weighted by atomic mass is 16.7. The van der Waals surface area contributed by atoms with Crippen molar-refractivity contribution in [2.75, 3.05) is 16.6 Å². The molecule has 2 aliphatic rings. The zero-order valence-corrected chi connectivity index (χ0v) is 21.8. The molecule has 0 saturated heterocycles. The molecule has 212 valence electrons. The van der Waals surface area contributed by atoms with Crippen molar-refractivity contribution in [2.45, 2.75) is 0 Å². The molecule has 12 heteroatoms. The summed E-state index contributed by atoms with van der Waals surface area (Å²) in [5, 5.41) is 19.0. The number of para-hydroxylation sites is 2. The first-order chi connectivity index (χ1) is 20.7. The summed E-state index contributed by atoms with van der Waals surface area (Å²) in [5.74, 6) is -4.99. The maximum atomic E-state index is 13.1. The highest BCUT2D eigenvalue weighted by Gasteiger charge is 2.40. The van der Waals surface area contributed by atoms with Crippen LogP contribution in [0.5, 0.6) is 11.5 Å². The molecule has 0 spiro atoms. The number of hydrogen-bond acceptors (Lipinski definition) is 8. The van der Waals surface area contributed by atoms with E-state index in [1.807, 2.05) is 0 Å². The van der Waals surface area contributed by atoms with Crippen molar-refractivity contribution < 1.29 is 48.5 Å². The number of carbonyl (C=O) groups excluding carboxylic acids is 4. The van der Waals surface area contributed by atoms with Crippen molar-refractivity contribution in [3.05, 3.63) is 118 Å². The summed E-state index contributed by atoms with van der Waals surface area (Å²) in [6, 6.07) is 19.7. The van der Waals surface area contributed by atoms with E-state index in [0.717, 1.165) is 9.80 Å². The second-order valence-electron chi connectivity index (χ2n) is 9.36. The predicted octanol–water partition coefficient (Wildman–Crippen LogP) is 4.10. The summed E-state index contributed by atoms with van der Waals surface area (Å²) < 4.78 is 11.2. The lowest BCUT2D eigenvalue weighted by molar-refractivity contribution is 0.0686. The molecular formula is C31H18N2O10. The standard InChI is InChI=1S/C31H18N2O10/c34-26-18-11-9-16(13-22(18)28(36)32(26)24-7-3-1-5-20(24)30(38)39)42-15-43-17-10-12-19-23(14-17)29(37)33(27(19)35)25-8-4-2-6-21(25)31(40)41/h1-14H,15H2,(H,38,39)(H,40,41). The summed E-state index contributed by atoms with van der Waals surface area (Å²) in [5.41, 5.74) is -0.319. The van der Waals surface area contributed by atoms with E-state index in [4.69, 9.17) is 9.47 Å². The van der Waals surface area contributed by atoms with Crippen LogP contribution in [0.1, 0.15) is 62.1 Å². The van der Waals surface area contributed by atoms with Crippen molar-refractivity contribution in [3.63, 3.8) is 0 Å². The number of aromatic carboxylic acids is 2. The van der Waals surface area contributed by atoms with Crippen LogP contribution >= 0.6 is 0 Å². The minimum absolute atomic E-state index is 0.0195. The zero-order chi connectivity index (χ0) is 30.4. The van der Waals surface area contributed by atoms with Gasteiger partial charge in [0, 0.05) is 0 Å². The Morgan fingerprint density at radius 2 is 0.907 bits per heavy atom. The topological polar surface area (TPSA) is 168 Å². The Balaban J connectivity index is 1.17. The molecule has 0 atom stereocenters. The van der Waals surface area contributed by atoms with Gasteiger partial charge in [0.25, 0.3) is 23.6 Å². The number of anilines is 2. The van der Waals surface area contributed by atoms with Gasteiger partial charge in [0.2, 0.25) is 6.79 Å². The molecular weight excluding hydrogens is 560 g/mol. The monoisotopic (exact) mass is 578 g/mol. The molecule has 4 amide bonds. The quantitative estimate of drug-likeness (QED) is 0.229. The van der Waals surface area contributed by atoms with Gasteiger partial charge in [-0.15, -0.1) is 0 Å². The maximum absolute atomic E-state index is 13.1. The Bertz CT molecular complexity index is 1780. The van der Waals surface area contributed by atoms with Gasteiger partial charge in [0.05, 0.1) is 44.8 Å². The molecule has 0 radical (unpaired) electrons. The Labute approximate surface area is 241 Å². The van der Waals surface area contributed by atoms with E-state index in [0.29, 0.717) is 0 Å². The van der Waals surface area contributed by atoms with Crippen LogP contribution in [0.3, 0.4) is 0 Å². The number of imide groups is 2. The van der Waals surface area contributed by atoms with Crippen LogP contribution in [0.2, 0.25) is 0 Å². The van der Waals surface area contributed by atoms with E-state index in [1.54, 1.807) is 0 Å². The molecule has 0 aromatic heterocycles. The third-order valence-electron chi connectivity index (χ3n) is 6.92.